The zero-order valence-corrected chi connectivity index (χ0v) is 15.4. The lowest BCUT2D eigenvalue weighted by Gasteiger charge is -2.25. The minimum atomic E-state index is -0.679. The van der Waals surface area contributed by atoms with E-state index < -0.39 is 11.4 Å². The number of amides is 1. The first-order chi connectivity index (χ1) is 12.9. The van der Waals surface area contributed by atoms with Gasteiger partial charge >= 0.3 is 0 Å². The normalized spacial score (nSPS) is 13.6. The van der Waals surface area contributed by atoms with Crippen molar-refractivity contribution < 1.29 is 14.6 Å². The van der Waals surface area contributed by atoms with Gasteiger partial charge in [0.05, 0.1) is 30.0 Å². The molecule has 27 heavy (non-hydrogen) atoms. The van der Waals surface area contributed by atoms with Crippen LogP contribution in [0.5, 0.6) is 5.75 Å². The van der Waals surface area contributed by atoms with Gasteiger partial charge in [-0.25, -0.2) is 4.98 Å². The number of rotatable bonds is 6. The summed E-state index contributed by atoms with van der Waals surface area (Å²) in [4.78, 5) is 20.2. The van der Waals surface area contributed by atoms with Gasteiger partial charge in [-0.3, -0.25) is 4.79 Å². The van der Waals surface area contributed by atoms with E-state index >= 15 is 0 Å². The van der Waals surface area contributed by atoms with Crippen LogP contribution in [0.4, 0.5) is 23.1 Å². The van der Waals surface area contributed by atoms with E-state index in [0.717, 1.165) is 30.1 Å². The molecule has 1 aliphatic heterocycles. The Morgan fingerprint density at radius 3 is 3.00 bits per heavy atom. The van der Waals surface area contributed by atoms with Crippen LogP contribution in [0, 0.1) is 0 Å². The minimum absolute atomic E-state index is 0.144. The molecule has 0 fully saturated rings. The molecular weight excluding hydrogens is 348 g/mol. The van der Waals surface area contributed by atoms with Crippen LogP contribution in [0.3, 0.4) is 0 Å². The van der Waals surface area contributed by atoms with E-state index in [-0.39, 0.29) is 18.0 Å². The number of benzene rings is 1. The maximum atomic E-state index is 11.7. The van der Waals surface area contributed by atoms with Crippen molar-refractivity contribution in [3.8, 4) is 5.75 Å². The van der Waals surface area contributed by atoms with Crippen molar-refractivity contribution in [3.63, 3.8) is 0 Å². The van der Waals surface area contributed by atoms with Crippen molar-refractivity contribution >= 4 is 29.0 Å². The predicted molar refractivity (Wildman–Crippen MR) is 104 cm³/mol. The number of carbonyl (C=O) groups is 1. The van der Waals surface area contributed by atoms with E-state index in [1.54, 1.807) is 13.8 Å². The first-order valence-corrected chi connectivity index (χ1v) is 8.71. The van der Waals surface area contributed by atoms with Crippen LogP contribution in [0.25, 0.3) is 0 Å². The van der Waals surface area contributed by atoms with Crippen LogP contribution in [0.15, 0.2) is 24.4 Å². The second kappa shape index (κ2) is 7.67. The van der Waals surface area contributed by atoms with Crippen LogP contribution in [-0.2, 0) is 0 Å². The number of ether oxygens (including phenoxy) is 1. The Kier molecular flexibility index (Phi) is 5.31. The van der Waals surface area contributed by atoms with Crippen LogP contribution in [-0.4, -0.2) is 46.3 Å². The number of nitrogens with one attached hydrogen (secondary N) is 3. The molecule has 1 aliphatic rings. The van der Waals surface area contributed by atoms with Crippen LogP contribution < -0.4 is 26.4 Å². The van der Waals surface area contributed by atoms with Gasteiger partial charge in [0.25, 0.3) is 5.91 Å². The topological polar surface area (TPSA) is 134 Å². The molecule has 2 aromatic rings. The average molecular weight is 372 g/mol. The third-order valence-corrected chi connectivity index (χ3v) is 4.04. The van der Waals surface area contributed by atoms with Crippen molar-refractivity contribution in [1.29, 1.82) is 0 Å². The second-order valence-corrected chi connectivity index (χ2v) is 6.95. The largest absolute Gasteiger partial charge is 0.491 e. The zero-order chi connectivity index (χ0) is 19.4. The first kappa shape index (κ1) is 18.7. The number of fused-ring (bicyclic) bond motifs is 1. The molecule has 0 unspecified atom stereocenters. The lowest BCUT2D eigenvalue weighted by Crippen LogP contribution is -2.36. The summed E-state index contributed by atoms with van der Waals surface area (Å²) in [5.41, 5.74) is 6.54. The van der Waals surface area contributed by atoms with Gasteiger partial charge in [0.15, 0.2) is 0 Å². The van der Waals surface area contributed by atoms with E-state index in [0.29, 0.717) is 12.6 Å². The van der Waals surface area contributed by atoms with Crippen molar-refractivity contribution in [2.45, 2.75) is 25.8 Å². The van der Waals surface area contributed by atoms with E-state index in [1.807, 2.05) is 18.2 Å². The summed E-state index contributed by atoms with van der Waals surface area (Å²) in [7, 11) is 0. The highest BCUT2D eigenvalue weighted by Gasteiger charge is 2.21. The average Bonchev–Trinajstić information content (AvgIpc) is 2.86. The Labute approximate surface area is 157 Å². The zero-order valence-electron chi connectivity index (χ0n) is 15.4. The standard InChI is InChI=1S/C18H24N6O3/c1-18(2,10-25)24-16-12(15(19)26)9-21-17(23-16)22-11-4-5-14-13(8-11)20-6-3-7-27-14/h4-5,8-9,20,25H,3,6-7,10H2,1-2H3,(H2,19,26)(H2,21,22,23,24). The van der Waals surface area contributed by atoms with Crippen molar-refractivity contribution in [1.82, 2.24) is 9.97 Å². The molecule has 2 heterocycles. The Morgan fingerprint density at radius 2 is 2.26 bits per heavy atom. The summed E-state index contributed by atoms with van der Waals surface area (Å²) >= 11 is 0. The Balaban J connectivity index is 1.87. The lowest BCUT2D eigenvalue weighted by atomic mass is 10.1. The third kappa shape index (κ3) is 4.56. The van der Waals surface area contributed by atoms with Crippen LogP contribution in [0.1, 0.15) is 30.6 Å². The van der Waals surface area contributed by atoms with E-state index in [1.165, 1.54) is 6.20 Å². The summed E-state index contributed by atoms with van der Waals surface area (Å²) in [5, 5.41) is 18.9. The predicted octanol–water partition coefficient (Wildman–Crippen LogP) is 1.70. The number of primary amides is 1. The van der Waals surface area contributed by atoms with Crippen molar-refractivity contribution in [2.24, 2.45) is 5.73 Å². The first-order valence-electron chi connectivity index (χ1n) is 8.71. The Hall–Kier alpha value is -3.07. The van der Waals surface area contributed by atoms with Gasteiger partial charge in [-0.05, 0) is 38.5 Å². The maximum absolute atomic E-state index is 11.7. The summed E-state index contributed by atoms with van der Waals surface area (Å²) in [6.07, 6.45) is 2.29. The highest BCUT2D eigenvalue weighted by Crippen LogP contribution is 2.31. The molecule has 1 aromatic heterocycles. The van der Waals surface area contributed by atoms with Gasteiger partial charge < -0.3 is 31.5 Å². The fourth-order valence-corrected chi connectivity index (χ4v) is 2.56. The number of aromatic nitrogens is 2. The molecule has 0 saturated heterocycles. The maximum Gasteiger partial charge on any atom is 0.254 e. The molecule has 0 atom stereocenters. The number of carbonyl (C=O) groups excluding carboxylic acids is 1. The number of nitrogens with two attached hydrogens (primary N) is 1. The van der Waals surface area contributed by atoms with E-state index in [4.69, 9.17) is 10.5 Å². The highest BCUT2D eigenvalue weighted by molar-refractivity contribution is 5.97. The molecule has 9 heteroatoms. The quantitative estimate of drug-likeness (QED) is 0.517. The van der Waals surface area contributed by atoms with Gasteiger partial charge in [-0.1, -0.05) is 0 Å². The highest BCUT2D eigenvalue weighted by atomic mass is 16.5. The molecule has 9 nitrogen and oxygen atoms in total. The van der Waals surface area contributed by atoms with Crippen LogP contribution in [0.2, 0.25) is 0 Å². The molecule has 3 rings (SSSR count). The van der Waals surface area contributed by atoms with Crippen LogP contribution >= 0.6 is 0 Å². The number of nitrogens with zero attached hydrogens (tertiary/aromatic N) is 2. The summed E-state index contributed by atoms with van der Waals surface area (Å²) in [6, 6.07) is 5.65. The second-order valence-electron chi connectivity index (χ2n) is 6.95. The smallest absolute Gasteiger partial charge is 0.254 e. The molecule has 0 aliphatic carbocycles. The number of hydrogen-bond donors (Lipinski definition) is 5. The minimum Gasteiger partial charge on any atom is -0.491 e. The molecule has 144 valence electrons. The van der Waals surface area contributed by atoms with Gasteiger partial charge in [0.1, 0.15) is 11.6 Å². The summed E-state index contributed by atoms with van der Waals surface area (Å²) < 4.78 is 5.68. The third-order valence-electron chi connectivity index (χ3n) is 4.04. The number of aliphatic hydroxyl groups excluding tert-OH is 1. The molecule has 6 N–H and O–H groups in total. The summed E-state index contributed by atoms with van der Waals surface area (Å²) in [6.45, 7) is 4.94. The monoisotopic (exact) mass is 372 g/mol. The van der Waals surface area contributed by atoms with E-state index in [2.05, 4.69) is 25.9 Å². The van der Waals surface area contributed by atoms with Gasteiger partial charge in [-0.15, -0.1) is 0 Å². The van der Waals surface area contributed by atoms with Gasteiger partial charge in [0, 0.05) is 18.4 Å². The SMILES string of the molecule is CC(C)(CO)Nc1nc(Nc2ccc3c(c2)NCCCO3)ncc1C(N)=O. The molecule has 0 spiro atoms. The fourth-order valence-electron chi connectivity index (χ4n) is 2.56. The van der Waals surface area contributed by atoms with E-state index in [9.17, 15) is 9.90 Å². The number of hydrogen-bond acceptors (Lipinski definition) is 8. The van der Waals surface area contributed by atoms with Gasteiger partial charge in [-0.2, -0.15) is 4.98 Å². The van der Waals surface area contributed by atoms with Gasteiger partial charge in [0.2, 0.25) is 5.95 Å². The number of anilines is 4. The Bertz CT molecular complexity index is 840. The molecule has 0 bridgehead atoms. The molecule has 0 saturated carbocycles. The number of aliphatic hydroxyl groups is 1. The molecule has 1 amide bonds. The Morgan fingerprint density at radius 1 is 1.44 bits per heavy atom. The van der Waals surface area contributed by atoms with Crippen molar-refractivity contribution in [3.05, 3.63) is 30.0 Å². The summed E-state index contributed by atoms with van der Waals surface area (Å²) in [5.74, 6) is 0.709. The molecule has 1 aromatic carbocycles. The molecular formula is C18H24N6O3. The lowest BCUT2D eigenvalue weighted by molar-refractivity contribution is 0.1000. The van der Waals surface area contributed by atoms with Crippen molar-refractivity contribution in [2.75, 3.05) is 35.7 Å². The fraction of sp³-hybridized carbons (Fsp3) is 0.389. The molecule has 0 radical (unpaired) electrons.